The van der Waals surface area contributed by atoms with Gasteiger partial charge in [0.25, 0.3) is 0 Å². The molecular formula is C16H29N3O2. The lowest BCUT2D eigenvalue weighted by Crippen LogP contribution is -2.56. The van der Waals surface area contributed by atoms with Crippen molar-refractivity contribution in [2.45, 2.75) is 58.5 Å². The molecule has 0 spiro atoms. The predicted octanol–water partition coefficient (Wildman–Crippen LogP) is 1.23. The first-order valence-corrected chi connectivity index (χ1v) is 8.29. The van der Waals surface area contributed by atoms with Gasteiger partial charge in [0.1, 0.15) is 0 Å². The molecule has 2 amide bonds. The quantitative estimate of drug-likeness (QED) is 0.852. The number of nitrogens with zero attached hydrogens (tertiary/aromatic N) is 2. The number of hydrogen-bond acceptors (Lipinski definition) is 3. The Morgan fingerprint density at radius 3 is 2.29 bits per heavy atom. The van der Waals surface area contributed by atoms with Crippen LogP contribution < -0.4 is 5.32 Å². The Morgan fingerprint density at radius 1 is 1.10 bits per heavy atom. The Labute approximate surface area is 128 Å². The smallest absolute Gasteiger partial charge is 0.237 e. The zero-order chi connectivity index (χ0) is 15.4. The summed E-state index contributed by atoms with van der Waals surface area (Å²) in [6.07, 6.45) is 4.84. The van der Waals surface area contributed by atoms with Crippen molar-refractivity contribution in [3.05, 3.63) is 0 Å². The van der Waals surface area contributed by atoms with Gasteiger partial charge in [-0.2, -0.15) is 0 Å². The fraction of sp³-hybridized carbons (Fsp3) is 0.875. The van der Waals surface area contributed by atoms with E-state index >= 15 is 0 Å². The number of carbonyl (C=O) groups excluding carboxylic acids is 2. The molecule has 0 aromatic heterocycles. The Bertz CT molecular complexity index is 378. The fourth-order valence-corrected chi connectivity index (χ4v) is 3.42. The molecule has 1 aliphatic carbocycles. The summed E-state index contributed by atoms with van der Waals surface area (Å²) in [6, 6.07) is 0.237. The second-order valence-electron chi connectivity index (χ2n) is 6.59. The molecule has 0 radical (unpaired) electrons. The topological polar surface area (TPSA) is 52.7 Å². The van der Waals surface area contributed by atoms with Crippen LogP contribution in [0.1, 0.15) is 46.5 Å². The summed E-state index contributed by atoms with van der Waals surface area (Å²) in [5.41, 5.74) is 0. The highest BCUT2D eigenvalue weighted by molar-refractivity contribution is 5.81. The van der Waals surface area contributed by atoms with Gasteiger partial charge in [0, 0.05) is 39.1 Å². The van der Waals surface area contributed by atoms with Crippen molar-refractivity contribution in [3.8, 4) is 0 Å². The molecule has 3 atom stereocenters. The molecule has 1 saturated carbocycles. The van der Waals surface area contributed by atoms with Crippen LogP contribution in [0.25, 0.3) is 0 Å². The van der Waals surface area contributed by atoms with Crippen LogP contribution in [0, 0.1) is 5.92 Å². The fourth-order valence-electron chi connectivity index (χ4n) is 3.42. The van der Waals surface area contributed by atoms with Gasteiger partial charge in [0.2, 0.25) is 11.8 Å². The lowest BCUT2D eigenvalue weighted by atomic mass is 9.86. The number of amides is 2. The average molecular weight is 295 g/mol. The summed E-state index contributed by atoms with van der Waals surface area (Å²) in [7, 11) is 0. The first-order chi connectivity index (χ1) is 9.99. The number of carbonyl (C=O) groups is 2. The molecular weight excluding hydrogens is 266 g/mol. The van der Waals surface area contributed by atoms with Crippen LogP contribution in [0.3, 0.4) is 0 Å². The molecule has 0 bridgehead atoms. The molecule has 5 nitrogen and oxygen atoms in total. The van der Waals surface area contributed by atoms with Crippen LogP contribution in [0.2, 0.25) is 0 Å². The number of hydrogen-bond donors (Lipinski definition) is 1. The maximum absolute atomic E-state index is 12.4. The van der Waals surface area contributed by atoms with Crippen molar-refractivity contribution >= 4 is 11.8 Å². The van der Waals surface area contributed by atoms with Crippen molar-refractivity contribution in [3.63, 3.8) is 0 Å². The van der Waals surface area contributed by atoms with Gasteiger partial charge in [-0.1, -0.05) is 19.8 Å². The maximum atomic E-state index is 12.4. The number of piperazine rings is 1. The van der Waals surface area contributed by atoms with Crippen LogP contribution in [-0.2, 0) is 9.59 Å². The molecule has 0 aromatic carbocycles. The second kappa shape index (κ2) is 7.25. The molecule has 0 aromatic rings. The number of nitrogens with one attached hydrogen (secondary N) is 1. The van der Waals surface area contributed by atoms with Crippen molar-refractivity contribution in [2.24, 2.45) is 5.92 Å². The zero-order valence-electron chi connectivity index (χ0n) is 13.6. The summed E-state index contributed by atoms with van der Waals surface area (Å²) in [4.78, 5) is 27.8. The van der Waals surface area contributed by atoms with Crippen LogP contribution in [0.15, 0.2) is 0 Å². The molecule has 5 heteroatoms. The Kier molecular flexibility index (Phi) is 5.62. The molecule has 2 aliphatic rings. The van der Waals surface area contributed by atoms with Gasteiger partial charge in [-0.25, -0.2) is 0 Å². The monoisotopic (exact) mass is 295 g/mol. The Morgan fingerprint density at radius 2 is 1.71 bits per heavy atom. The molecule has 21 heavy (non-hydrogen) atoms. The van der Waals surface area contributed by atoms with Gasteiger partial charge in [0.05, 0.1) is 6.04 Å². The minimum absolute atomic E-state index is 0.103. The summed E-state index contributed by atoms with van der Waals surface area (Å²) in [5.74, 6) is 0.859. The van der Waals surface area contributed by atoms with Crippen LogP contribution in [0.5, 0.6) is 0 Å². The highest BCUT2D eigenvalue weighted by atomic mass is 16.2. The first kappa shape index (κ1) is 16.3. The molecule has 2 rings (SSSR count). The van der Waals surface area contributed by atoms with Crippen molar-refractivity contribution in [1.82, 2.24) is 15.1 Å². The highest BCUT2D eigenvalue weighted by Crippen LogP contribution is 2.23. The largest absolute Gasteiger partial charge is 0.352 e. The minimum Gasteiger partial charge on any atom is -0.352 e. The van der Waals surface area contributed by atoms with E-state index in [1.807, 2.05) is 11.8 Å². The predicted molar refractivity (Wildman–Crippen MR) is 82.9 cm³/mol. The Balaban J connectivity index is 1.81. The Hall–Kier alpha value is -1.10. The summed E-state index contributed by atoms with van der Waals surface area (Å²) >= 11 is 0. The summed E-state index contributed by atoms with van der Waals surface area (Å²) in [5, 5.41) is 3.24. The lowest BCUT2D eigenvalue weighted by Gasteiger charge is -2.38. The van der Waals surface area contributed by atoms with Crippen molar-refractivity contribution in [1.29, 1.82) is 0 Å². The summed E-state index contributed by atoms with van der Waals surface area (Å²) in [6.45, 7) is 8.85. The van der Waals surface area contributed by atoms with E-state index in [0.29, 0.717) is 12.0 Å². The van der Waals surface area contributed by atoms with Gasteiger partial charge in [-0.05, 0) is 25.7 Å². The van der Waals surface area contributed by atoms with E-state index in [1.54, 1.807) is 6.92 Å². The number of rotatable bonds is 3. The standard InChI is InChI=1S/C16H29N3O2/c1-12-6-4-5-7-15(12)17-16(21)13(2)18-8-10-19(11-9-18)14(3)20/h12-13,15H,4-11H2,1-3H3,(H,17,21)/t12-,13+,15+/m0/s1. The molecule has 1 N–H and O–H groups in total. The second-order valence-corrected chi connectivity index (χ2v) is 6.59. The van der Waals surface area contributed by atoms with Crippen molar-refractivity contribution < 1.29 is 9.59 Å². The van der Waals surface area contributed by atoms with Crippen molar-refractivity contribution in [2.75, 3.05) is 26.2 Å². The lowest BCUT2D eigenvalue weighted by molar-refractivity contribution is -0.132. The van der Waals surface area contributed by atoms with E-state index in [9.17, 15) is 9.59 Å². The van der Waals surface area contributed by atoms with E-state index in [1.165, 1.54) is 19.3 Å². The normalized spacial score (nSPS) is 29.0. The van der Waals surface area contributed by atoms with E-state index in [0.717, 1.165) is 32.6 Å². The average Bonchev–Trinajstić information content (AvgIpc) is 2.49. The van der Waals surface area contributed by atoms with E-state index in [4.69, 9.17) is 0 Å². The third-order valence-electron chi connectivity index (χ3n) is 5.13. The molecule has 1 aliphatic heterocycles. The molecule has 120 valence electrons. The zero-order valence-corrected chi connectivity index (χ0v) is 13.6. The van der Waals surface area contributed by atoms with E-state index < -0.39 is 0 Å². The van der Waals surface area contributed by atoms with E-state index in [2.05, 4.69) is 17.1 Å². The summed E-state index contributed by atoms with van der Waals surface area (Å²) < 4.78 is 0. The molecule has 2 fully saturated rings. The van der Waals surface area contributed by atoms with Gasteiger partial charge in [-0.15, -0.1) is 0 Å². The van der Waals surface area contributed by atoms with Gasteiger partial charge < -0.3 is 10.2 Å². The minimum atomic E-state index is -0.103. The van der Waals surface area contributed by atoms with Crippen LogP contribution in [0.4, 0.5) is 0 Å². The molecule has 1 saturated heterocycles. The van der Waals surface area contributed by atoms with Gasteiger partial charge in [0.15, 0.2) is 0 Å². The molecule has 1 heterocycles. The van der Waals surface area contributed by atoms with Gasteiger partial charge in [-0.3, -0.25) is 14.5 Å². The third kappa shape index (κ3) is 4.19. The van der Waals surface area contributed by atoms with Crippen LogP contribution in [-0.4, -0.2) is 59.9 Å². The maximum Gasteiger partial charge on any atom is 0.237 e. The highest BCUT2D eigenvalue weighted by Gasteiger charge is 2.29. The SMILES string of the molecule is CC(=O)N1CCN([C@H](C)C(=O)N[C@@H]2CCCC[C@@H]2C)CC1. The van der Waals surface area contributed by atoms with Gasteiger partial charge >= 0.3 is 0 Å². The van der Waals surface area contributed by atoms with E-state index in [-0.39, 0.29) is 17.9 Å². The third-order valence-corrected chi connectivity index (χ3v) is 5.13. The first-order valence-electron chi connectivity index (χ1n) is 8.29. The molecule has 0 unspecified atom stereocenters. The van der Waals surface area contributed by atoms with Crippen LogP contribution >= 0.6 is 0 Å².